The Hall–Kier alpha value is -3.50. The van der Waals surface area contributed by atoms with Gasteiger partial charge in [-0.1, -0.05) is 25.7 Å². The molecular weight excluding hydrogens is 551 g/mol. The molecule has 0 fully saturated rings. The summed E-state index contributed by atoms with van der Waals surface area (Å²) in [5.74, 6) is 1.82. The van der Waals surface area contributed by atoms with E-state index < -0.39 is 0 Å². The largest absolute Gasteiger partial charge is 0.368 e. The number of carbonyl (C=O) groups is 2. The average molecular weight is 592 g/mol. The van der Waals surface area contributed by atoms with E-state index in [1.54, 1.807) is 0 Å². The molecule has 0 saturated heterocycles. The van der Waals surface area contributed by atoms with E-state index in [0.29, 0.717) is 13.1 Å². The summed E-state index contributed by atoms with van der Waals surface area (Å²) in [6, 6.07) is 15.0. The number of aliphatic imine (C=N–C) groups is 2. The zero-order valence-corrected chi connectivity index (χ0v) is 24.3. The predicted octanol–water partition coefficient (Wildman–Crippen LogP) is 4.51. The lowest BCUT2D eigenvalue weighted by Gasteiger charge is -2.09. The molecular formula is C28H40Cl2N8O2. The quantitative estimate of drug-likeness (QED) is 0.191. The molecule has 0 radical (unpaired) electrons. The molecule has 0 bridgehead atoms. The summed E-state index contributed by atoms with van der Waals surface area (Å²) in [4.78, 5) is 33.0. The van der Waals surface area contributed by atoms with Crippen molar-refractivity contribution in [2.45, 2.75) is 38.5 Å². The first-order chi connectivity index (χ1) is 18.7. The monoisotopic (exact) mass is 590 g/mol. The topological polar surface area (TPSA) is 131 Å². The highest BCUT2D eigenvalue weighted by molar-refractivity contribution is 6.01. The average Bonchev–Trinajstić information content (AvgIpc) is 3.66. The highest BCUT2D eigenvalue weighted by atomic mass is 35.5. The number of halogens is 2. The number of anilines is 2. The van der Waals surface area contributed by atoms with Crippen molar-refractivity contribution >= 4 is 59.9 Å². The van der Waals surface area contributed by atoms with Gasteiger partial charge in [0.2, 0.25) is 0 Å². The van der Waals surface area contributed by atoms with Crippen molar-refractivity contribution in [3.8, 4) is 0 Å². The summed E-state index contributed by atoms with van der Waals surface area (Å²) in [7, 11) is 0. The number of rotatable bonds is 13. The van der Waals surface area contributed by atoms with Crippen LogP contribution < -0.4 is 31.9 Å². The molecule has 40 heavy (non-hydrogen) atoms. The van der Waals surface area contributed by atoms with Crippen molar-refractivity contribution < 1.29 is 9.59 Å². The number of hydrogen-bond donors (Lipinski definition) is 6. The number of amidine groups is 2. The van der Waals surface area contributed by atoms with Gasteiger partial charge in [0.1, 0.15) is 11.7 Å². The molecule has 0 aromatic heterocycles. The van der Waals surface area contributed by atoms with E-state index in [2.05, 4.69) is 41.9 Å². The first-order valence-corrected chi connectivity index (χ1v) is 13.5. The lowest BCUT2D eigenvalue weighted by Crippen LogP contribution is -2.29. The molecule has 4 rings (SSSR count). The minimum Gasteiger partial charge on any atom is -0.368 e. The van der Waals surface area contributed by atoms with E-state index in [0.717, 1.165) is 98.9 Å². The normalized spacial score (nSPS) is 13.4. The van der Waals surface area contributed by atoms with Crippen LogP contribution in [0.15, 0.2) is 58.5 Å². The second-order valence-electron chi connectivity index (χ2n) is 9.35. The molecule has 2 aromatic carbocycles. The zero-order valence-electron chi connectivity index (χ0n) is 22.6. The van der Waals surface area contributed by atoms with Crippen LogP contribution in [-0.4, -0.2) is 63.0 Å². The van der Waals surface area contributed by atoms with Crippen molar-refractivity contribution in [1.29, 1.82) is 0 Å². The molecule has 2 aliphatic heterocycles. The van der Waals surface area contributed by atoms with Gasteiger partial charge < -0.3 is 31.9 Å². The summed E-state index contributed by atoms with van der Waals surface area (Å²) < 4.78 is 0. The lowest BCUT2D eigenvalue weighted by atomic mass is 10.1. The van der Waals surface area contributed by atoms with Gasteiger partial charge in [0.05, 0.1) is 13.1 Å². The summed E-state index contributed by atoms with van der Waals surface area (Å²) >= 11 is 0. The standard InChI is InChI=1S/C28H38N8O2.2ClH/c37-27(35-23-11-7-21(8-12-23)25-29-17-18-30-25)33-15-5-3-1-2-4-6-16-34-28(38)36-24-13-9-22(10-14-24)26-31-19-20-32-26;;/h7-14H,1-6,15-20H2,(H,29,30)(H,31,32)(H2,33,35,37)(H2,34,36,38);2*1H. The molecule has 6 N–H and O–H groups in total. The number of nitrogens with one attached hydrogen (secondary N) is 6. The van der Waals surface area contributed by atoms with Gasteiger partial charge in [-0.2, -0.15) is 0 Å². The highest BCUT2D eigenvalue weighted by Crippen LogP contribution is 2.12. The van der Waals surface area contributed by atoms with Crippen LogP contribution in [0.3, 0.4) is 0 Å². The minimum atomic E-state index is -0.186. The Morgan fingerprint density at radius 1 is 0.600 bits per heavy atom. The second kappa shape index (κ2) is 18.0. The smallest absolute Gasteiger partial charge is 0.319 e. The van der Waals surface area contributed by atoms with Gasteiger partial charge in [0.25, 0.3) is 0 Å². The zero-order chi connectivity index (χ0) is 26.4. The van der Waals surface area contributed by atoms with E-state index in [1.807, 2.05) is 48.5 Å². The maximum atomic E-state index is 12.1. The molecule has 0 aliphatic carbocycles. The van der Waals surface area contributed by atoms with Gasteiger partial charge in [0, 0.05) is 48.7 Å². The third-order valence-corrected chi connectivity index (χ3v) is 6.36. The number of hydrogen-bond acceptors (Lipinski definition) is 6. The number of urea groups is 2. The molecule has 2 aromatic rings. The highest BCUT2D eigenvalue weighted by Gasteiger charge is 2.09. The van der Waals surface area contributed by atoms with Gasteiger partial charge in [-0.3, -0.25) is 9.98 Å². The summed E-state index contributed by atoms with van der Waals surface area (Å²) in [6.07, 6.45) is 6.25. The number of nitrogens with zero attached hydrogens (tertiary/aromatic N) is 2. The number of carbonyl (C=O) groups excluding carboxylic acids is 2. The number of amides is 4. The Labute approximate surface area is 248 Å². The lowest BCUT2D eigenvalue weighted by molar-refractivity contribution is 0.251. The molecule has 218 valence electrons. The van der Waals surface area contributed by atoms with E-state index in [4.69, 9.17) is 0 Å². The van der Waals surface area contributed by atoms with Crippen molar-refractivity contribution in [3.63, 3.8) is 0 Å². The molecule has 2 aliphatic rings. The Bertz CT molecular complexity index is 1030. The van der Waals surface area contributed by atoms with Gasteiger partial charge >= 0.3 is 12.1 Å². The van der Waals surface area contributed by atoms with Gasteiger partial charge in [-0.05, 0) is 61.4 Å². The first kappa shape index (κ1) is 32.7. The van der Waals surface area contributed by atoms with Crippen molar-refractivity contribution in [2.24, 2.45) is 9.98 Å². The molecule has 0 unspecified atom stereocenters. The maximum absolute atomic E-state index is 12.1. The van der Waals surface area contributed by atoms with Crippen LogP contribution in [0.2, 0.25) is 0 Å². The third-order valence-electron chi connectivity index (χ3n) is 6.36. The summed E-state index contributed by atoms with van der Waals surface area (Å²) in [6.45, 7) is 4.66. The molecule has 4 amide bonds. The van der Waals surface area contributed by atoms with Gasteiger partial charge in [-0.25, -0.2) is 9.59 Å². The number of benzene rings is 2. The van der Waals surface area contributed by atoms with Crippen LogP contribution in [0.1, 0.15) is 49.7 Å². The summed E-state index contributed by atoms with van der Waals surface area (Å²) in [5.41, 5.74) is 3.58. The van der Waals surface area contributed by atoms with Crippen LogP contribution in [0, 0.1) is 0 Å². The molecule has 0 atom stereocenters. The van der Waals surface area contributed by atoms with Crippen LogP contribution in [0.25, 0.3) is 0 Å². The van der Waals surface area contributed by atoms with Crippen LogP contribution in [0.4, 0.5) is 21.0 Å². The van der Waals surface area contributed by atoms with Gasteiger partial charge in [-0.15, -0.1) is 24.8 Å². The van der Waals surface area contributed by atoms with E-state index in [1.165, 1.54) is 0 Å². The SMILES string of the molecule is Cl.Cl.O=C(NCCCCCCCCNC(=O)Nc1ccc(C2=NCCN2)cc1)Nc1ccc(C2=NCCN2)cc1. The predicted molar refractivity (Wildman–Crippen MR) is 168 cm³/mol. The fourth-order valence-corrected chi connectivity index (χ4v) is 4.32. The van der Waals surface area contributed by atoms with E-state index >= 15 is 0 Å². The van der Waals surface area contributed by atoms with Crippen molar-refractivity contribution in [2.75, 3.05) is 49.9 Å². The van der Waals surface area contributed by atoms with Crippen LogP contribution >= 0.6 is 24.8 Å². The summed E-state index contributed by atoms with van der Waals surface area (Å²) in [5, 5.41) is 18.0. The van der Waals surface area contributed by atoms with E-state index in [9.17, 15) is 9.59 Å². The second-order valence-corrected chi connectivity index (χ2v) is 9.35. The van der Waals surface area contributed by atoms with Gasteiger partial charge in [0.15, 0.2) is 0 Å². The molecule has 2 heterocycles. The number of unbranched alkanes of at least 4 members (excludes halogenated alkanes) is 5. The van der Waals surface area contributed by atoms with Crippen molar-refractivity contribution in [3.05, 3.63) is 59.7 Å². The molecule has 10 nitrogen and oxygen atoms in total. The van der Waals surface area contributed by atoms with E-state index in [-0.39, 0.29) is 36.9 Å². The molecule has 12 heteroatoms. The Morgan fingerprint density at radius 2 is 0.975 bits per heavy atom. The van der Waals surface area contributed by atoms with Crippen LogP contribution in [-0.2, 0) is 0 Å². The minimum absolute atomic E-state index is 0. The Morgan fingerprint density at radius 3 is 1.32 bits per heavy atom. The fourth-order valence-electron chi connectivity index (χ4n) is 4.32. The third kappa shape index (κ3) is 10.9. The Balaban J connectivity index is 0.00000280. The maximum Gasteiger partial charge on any atom is 0.319 e. The Kier molecular flexibility index (Phi) is 14.7. The fraction of sp³-hybridized carbons (Fsp3) is 0.429. The van der Waals surface area contributed by atoms with Crippen molar-refractivity contribution in [1.82, 2.24) is 21.3 Å². The van der Waals surface area contributed by atoms with Crippen LogP contribution in [0.5, 0.6) is 0 Å². The molecule has 0 saturated carbocycles. The molecule has 0 spiro atoms. The first-order valence-electron chi connectivity index (χ1n) is 13.5.